The van der Waals surface area contributed by atoms with E-state index >= 15 is 0 Å². The van der Waals surface area contributed by atoms with Crippen LogP contribution in [0.5, 0.6) is 0 Å². The Morgan fingerprint density at radius 2 is 1.88 bits per heavy atom. The van der Waals surface area contributed by atoms with Gasteiger partial charge in [0, 0.05) is 24.6 Å². The van der Waals surface area contributed by atoms with Crippen molar-refractivity contribution in [3.8, 4) is 5.69 Å². The normalized spacial score (nSPS) is 11.0. The number of para-hydroxylation sites is 2. The molecule has 0 spiro atoms. The molecule has 0 saturated carbocycles. The predicted molar refractivity (Wildman–Crippen MR) is 99.4 cm³/mol. The Balaban J connectivity index is 1.58. The van der Waals surface area contributed by atoms with Crippen molar-refractivity contribution in [3.63, 3.8) is 0 Å². The fourth-order valence-corrected chi connectivity index (χ4v) is 3.07. The fraction of sp³-hybridized carbons (Fsp3) is 0.0526. The Bertz CT molecular complexity index is 1060. The highest BCUT2D eigenvalue weighted by molar-refractivity contribution is 6.31. The maximum atomic E-state index is 12.3. The van der Waals surface area contributed by atoms with Crippen LogP contribution in [0.2, 0.25) is 5.02 Å². The first-order chi connectivity index (χ1) is 12.1. The summed E-state index contributed by atoms with van der Waals surface area (Å²) in [5.74, 6) is -0.199. The molecule has 0 fully saturated rings. The van der Waals surface area contributed by atoms with E-state index in [2.05, 4.69) is 10.3 Å². The third-order valence-corrected chi connectivity index (χ3v) is 4.27. The topological polar surface area (TPSA) is 51.9 Å². The van der Waals surface area contributed by atoms with Crippen LogP contribution in [0.15, 0.2) is 67.1 Å². The molecule has 124 valence electrons. The summed E-state index contributed by atoms with van der Waals surface area (Å²) < 4.78 is 3.71. The van der Waals surface area contributed by atoms with E-state index in [-0.39, 0.29) is 5.91 Å². The lowest BCUT2D eigenvalue weighted by Crippen LogP contribution is -2.15. The van der Waals surface area contributed by atoms with Gasteiger partial charge in [-0.2, -0.15) is 0 Å². The van der Waals surface area contributed by atoms with Crippen LogP contribution in [0, 0.1) is 0 Å². The number of nitrogens with zero attached hydrogens (tertiary/aromatic N) is 3. The fourth-order valence-electron chi connectivity index (χ4n) is 2.82. The van der Waals surface area contributed by atoms with Crippen molar-refractivity contribution < 1.29 is 4.79 Å². The summed E-state index contributed by atoms with van der Waals surface area (Å²) in [7, 11) is 1.79. The van der Waals surface area contributed by atoms with Crippen LogP contribution >= 0.6 is 11.6 Å². The molecule has 0 atom stereocenters. The van der Waals surface area contributed by atoms with Gasteiger partial charge in [-0.15, -0.1) is 0 Å². The Morgan fingerprint density at radius 3 is 2.60 bits per heavy atom. The number of imidazole rings is 1. The minimum atomic E-state index is -0.199. The molecular formula is C19H15ClN4O. The van der Waals surface area contributed by atoms with Gasteiger partial charge in [0.1, 0.15) is 12.0 Å². The van der Waals surface area contributed by atoms with Crippen LogP contribution in [0.25, 0.3) is 16.7 Å². The van der Waals surface area contributed by atoms with Crippen molar-refractivity contribution in [3.05, 3.63) is 77.8 Å². The molecule has 0 aliphatic rings. The van der Waals surface area contributed by atoms with Crippen LogP contribution < -0.4 is 5.32 Å². The van der Waals surface area contributed by atoms with Crippen molar-refractivity contribution in [1.29, 1.82) is 0 Å². The zero-order valence-corrected chi connectivity index (χ0v) is 14.2. The molecular weight excluding hydrogens is 336 g/mol. The zero-order valence-electron chi connectivity index (χ0n) is 13.5. The summed E-state index contributed by atoms with van der Waals surface area (Å²) >= 11 is 5.93. The molecule has 0 radical (unpaired) electrons. The van der Waals surface area contributed by atoms with Gasteiger partial charge in [-0.3, -0.25) is 9.36 Å². The minimum Gasteiger partial charge on any atom is -0.345 e. The maximum absolute atomic E-state index is 12.3. The molecule has 5 nitrogen and oxygen atoms in total. The number of benzene rings is 2. The Kier molecular flexibility index (Phi) is 3.78. The molecule has 2 heterocycles. The number of amides is 1. The van der Waals surface area contributed by atoms with Crippen molar-refractivity contribution in [2.24, 2.45) is 7.05 Å². The number of halogens is 1. The van der Waals surface area contributed by atoms with E-state index in [0.717, 1.165) is 22.4 Å². The highest BCUT2D eigenvalue weighted by Crippen LogP contribution is 2.20. The molecule has 1 N–H and O–H groups in total. The number of hydrogen-bond donors (Lipinski definition) is 1. The number of carbonyl (C=O) groups is 1. The van der Waals surface area contributed by atoms with Gasteiger partial charge in [-0.25, -0.2) is 4.98 Å². The number of aryl methyl sites for hydroxylation is 1. The molecule has 2 aromatic carbocycles. The van der Waals surface area contributed by atoms with Crippen molar-refractivity contribution in [2.75, 3.05) is 5.32 Å². The molecule has 0 bridgehead atoms. The van der Waals surface area contributed by atoms with Crippen LogP contribution in [0.3, 0.4) is 0 Å². The average Bonchev–Trinajstić information content (AvgIpc) is 3.18. The number of aromatic nitrogens is 3. The number of nitrogens with one attached hydrogen (secondary N) is 1. The molecule has 0 aliphatic carbocycles. The first-order valence-electron chi connectivity index (χ1n) is 7.77. The van der Waals surface area contributed by atoms with E-state index in [1.54, 1.807) is 30.2 Å². The second-order valence-electron chi connectivity index (χ2n) is 5.76. The van der Waals surface area contributed by atoms with Crippen LogP contribution in [-0.4, -0.2) is 20.0 Å². The second-order valence-corrected chi connectivity index (χ2v) is 6.20. The van der Waals surface area contributed by atoms with E-state index in [9.17, 15) is 4.79 Å². The van der Waals surface area contributed by atoms with Crippen molar-refractivity contribution in [1.82, 2.24) is 14.1 Å². The molecule has 4 rings (SSSR count). The molecule has 4 aromatic rings. The zero-order chi connectivity index (χ0) is 17.4. The van der Waals surface area contributed by atoms with Gasteiger partial charge in [-0.05, 0) is 42.5 Å². The average molecular weight is 351 g/mol. The van der Waals surface area contributed by atoms with E-state index < -0.39 is 0 Å². The minimum absolute atomic E-state index is 0.199. The van der Waals surface area contributed by atoms with Crippen LogP contribution in [0.1, 0.15) is 10.5 Å². The second kappa shape index (κ2) is 6.11. The van der Waals surface area contributed by atoms with E-state index in [0.29, 0.717) is 10.7 Å². The van der Waals surface area contributed by atoms with Gasteiger partial charge >= 0.3 is 0 Å². The Labute approximate surface area is 149 Å². The summed E-state index contributed by atoms with van der Waals surface area (Å²) in [6, 6.07) is 17.2. The summed E-state index contributed by atoms with van der Waals surface area (Å²) in [6.07, 6.45) is 3.49. The van der Waals surface area contributed by atoms with Crippen molar-refractivity contribution >= 4 is 34.2 Å². The molecule has 0 saturated heterocycles. The SMILES string of the molecule is Cn1cc(Cl)cc1C(=O)Nc1ccc(-n2cnc3ccccc32)cc1. The molecule has 0 aliphatic heterocycles. The first-order valence-corrected chi connectivity index (χ1v) is 8.15. The van der Waals surface area contributed by atoms with E-state index in [4.69, 9.17) is 11.6 Å². The highest BCUT2D eigenvalue weighted by Gasteiger charge is 2.11. The van der Waals surface area contributed by atoms with Gasteiger partial charge in [-0.1, -0.05) is 23.7 Å². The Morgan fingerprint density at radius 1 is 1.12 bits per heavy atom. The molecule has 1 amide bonds. The number of fused-ring (bicyclic) bond motifs is 1. The Hall–Kier alpha value is -3.05. The monoisotopic (exact) mass is 350 g/mol. The number of anilines is 1. The summed E-state index contributed by atoms with van der Waals surface area (Å²) in [6.45, 7) is 0. The van der Waals surface area contributed by atoms with E-state index in [1.807, 2.05) is 53.1 Å². The molecule has 25 heavy (non-hydrogen) atoms. The quantitative estimate of drug-likeness (QED) is 0.600. The molecule has 0 unspecified atom stereocenters. The van der Waals surface area contributed by atoms with Crippen LogP contribution in [-0.2, 0) is 7.05 Å². The third-order valence-electron chi connectivity index (χ3n) is 4.06. The maximum Gasteiger partial charge on any atom is 0.272 e. The first kappa shape index (κ1) is 15.5. The lowest BCUT2D eigenvalue weighted by molar-refractivity contribution is 0.101. The van der Waals surface area contributed by atoms with Gasteiger partial charge < -0.3 is 9.88 Å². The number of rotatable bonds is 3. The summed E-state index contributed by atoms with van der Waals surface area (Å²) in [5, 5.41) is 3.42. The number of carbonyl (C=O) groups excluding carboxylic acids is 1. The number of hydrogen-bond acceptors (Lipinski definition) is 2. The highest BCUT2D eigenvalue weighted by atomic mass is 35.5. The van der Waals surface area contributed by atoms with E-state index in [1.165, 1.54) is 0 Å². The summed E-state index contributed by atoms with van der Waals surface area (Å²) in [4.78, 5) is 16.7. The lowest BCUT2D eigenvalue weighted by Gasteiger charge is -2.08. The van der Waals surface area contributed by atoms with Crippen molar-refractivity contribution in [2.45, 2.75) is 0 Å². The van der Waals surface area contributed by atoms with Gasteiger partial charge in [0.05, 0.1) is 16.1 Å². The molecule has 2 aromatic heterocycles. The summed E-state index contributed by atoms with van der Waals surface area (Å²) in [5.41, 5.74) is 4.19. The predicted octanol–water partition coefficient (Wildman–Crippen LogP) is 4.27. The third kappa shape index (κ3) is 2.90. The molecule has 6 heteroatoms. The largest absolute Gasteiger partial charge is 0.345 e. The van der Waals surface area contributed by atoms with Crippen LogP contribution in [0.4, 0.5) is 5.69 Å². The standard InChI is InChI=1S/C19H15ClN4O/c1-23-11-13(20)10-18(23)19(25)22-14-6-8-15(9-7-14)24-12-21-16-4-2-3-5-17(16)24/h2-12H,1H3,(H,22,25). The van der Waals surface area contributed by atoms with Gasteiger partial charge in [0.2, 0.25) is 0 Å². The van der Waals surface area contributed by atoms with Gasteiger partial charge in [0.15, 0.2) is 0 Å². The lowest BCUT2D eigenvalue weighted by atomic mass is 10.2. The van der Waals surface area contributed by atoms with Gasteiger partial charge in [0.25, 0.3) is 5.91 Å². The smallest absolute Gasteiger partial charge is 0.272 e.